The molecule has 0 heterocycles. The van der Waals surface area contributed by atoms with Crippen LogP contribution in [0.2, 0.25) is 0 Å². The number of carbonyl (C=O) groups excluding carboxylic acids is 2. The molecule has 2 aromatic carbocycles. The second kappa shape index (κ2) is 10.4. The first-order valence-electron chi connectivity index (χ1n) is 9.27. The van der Waals surface area contributed by atoms with E-state index in [2.05, 4.69) is 18.6 Å². The third-order valence-electron chi connectivity index (χ3n) is 4.43. The molecule has 0 aliphatic heterocycles. The summed E-state index contributed by atoms with van der Waals surface area (Å²) in [6.45, 7) is 4.76. The van der Waals surface area contributed by atoms with Crippen LogP contribution in [-0.2, 0) is 20.9 Å². The summed E-state index contributed by atoms with van der Waals surface area (Å²) in [5.74, 6) is -0.489. The SMILES string of the molecule is COC(=O)CCN(Cc1ccc(F)cc1)C(=O)/C=C/c1ccc(C(C)C)cc1. The van der Waals surface area contributed by atoms with Crippen LogP contribution in [0, 0.1) is 5.82 Å². The molecule has 0 aliphatic carbocycles. The van der Waals surface area contributed by atoms with Crippen molar-refractivity contribution in [2.24, 2.45) is 0 Å². The number of hydrogen-bond acceptors (Lipinski definition) is 3. The van der Waals surface area contributed by atoms with Crippen LogP contribution >= 0.6 is 0 Å². The number of esters is 1. The Kier molecular flexibility index (Phi) is 7.93. The molecule has 0 saturated heterocycles. The zero-order valence-electron chi connectivity index (χ0n) is 16.5. The van der Waals surface area contributed by atoms with Gasteiger partial charge in [-0.15, -0.1) is 0 Å². The molecule has 2 aromatic rings. The van der Waals surface area contributed by atoms with Gasteiger partial charge in [-0.2, -0.15) is 0 Å². The average Bonchev–Trinajstić information content (AvgIpc) is 2.70. The van der Waals surface area contributed by atoms with E-state index in [4.69, 9.17) is 0 Å². The number of amides is 1. The van der Waals surface area contributed by atoms with Crippen molar-refractivity contribution in [1.29, 1.82) is 0 Å². The summed E-state index contributed by atoms with van der Waals surface area (Å²) in [6, 6.07) is 14.0. The molecule has 2 rings (SSSR count). The molecule has 0 bridgehead atoms. The highest BCUT2D eigenvalue weighted by molar-refractivity contribution is 5.92. The Morgan fingerprint density at radius 3 is 2.29 bits per heavy atom. The van der Waals surface area contributed by atoms with Gasteiger partial charge in [0, 0.05) is 19.2 Å². The van der Waals surface area contributed by atoms with Crippen LogP contribution in [0.25, 0.3) is 6.08 Å². The highest BCUT2D eigenvalue weighted by Crippen LogP contribution is 2.15. The van der Waals surface area contributed by atoms with E-state index in [-0.39, 0.29) is 37.2 Å². The Morgan fingerprint density at radius 2 is 1.71 bits per heavy atom. The van der Waals surface area contributed by atoms with Crippen molar-refractivity contribution in [3.8, 4) is 0 Å². The molecular formula is C23H26FNO3. The first-order valence-corrected chi connectivity index (χ1v) is 9.27. The molecule has 0 saturated carbocycles. The number of rotatable bonds is 8. The lowest BCUT2D eigenvalue weighted by Gasteiger charge is -2.21. The molecule has 0 spiro atoms. The number of nitrogens with zero attached hydrogens (tertiary/aromatic N) is 1. The van der Waals surface area contributed by atoms with Gasteiger partial charge in [-0.25, -0.2) is 4.39 Å². The van der Waals surface area contributed by atoms with Gasteiger partial charge < -0.3 is 9.64 Å². The molecule has 5 heteroatoms. The van der Waals surface area contributed by atoms with Crippen molar-refractivity contribution in [2.75, 3.05) is 13.7 Å². The quantitative estimate of drug-likeness (QED) is 0.496. The minimum Gasteiger partial charge on any atom is -0.469 e. The summed E-state index contributed by atoms with van der Waals surface area (Å²) in [5.41, 5.74) is 2.95. The molecule has 0 unspecified atom stereocenters. The second-order valence-electron chi connectivity index (χ2n) is 6.87. The van der Waals surface area contributed by atoms with Gasteiger partial charge in [0.2, 0.25) is 5.91 Å². The summed E-state index contributed by atoms with van der Waals surface area (Å²) in [4.78, 5) is 25.7. The Morgan fingerprint density at radius 1 is 1.07 bits per heavy atom. The summed E-state index contributed by atoms with van der Waals surface area (Å²) < 4.78 is 17.8. The van der Waals surface area contributed by atoms with E-state index in [1.54, 1.807) is 23.1 Å². The van der Waals surface area contributed by atoms with Crippen LogP contribution in [0.15, 0.2) is 54.6 Å². The lowest BCUT2D eigenvalue weighted by molar-refractivity contribution is -0.141. The Balaban J connectivity index is 2.09. The first kappa shape index (κ1) is 21.4. The number of halogens is 1. The van der Waals surface area contributed by atoms with E-state index < -0.39 is 0 Å². The van der Waals surface area contributed by atoms with Crippen LogP contribution < -0.4 is 0 Å². The van der Waals surface area contributed by atoms with Crippen LogP contribution in [0.1, 0.15) is 42.9 Å². The predicted molar refractivity (Wildman–Crippen MR) is 108 cm³/mol. The van der Waals surface area contributed by atoms with E-state index in [0.717, 1.165) is 11.1 Å². The first-order chi connectivity index (χ1) is 13.4. The van der Waals surface area contributed by atoms with Crippen molar-refractivity contribution < 1.29 is 18.7 Å². The number of methoxy groups -OCH3 is 1. The van der Waals surface area contributed by atoms with E-state index in [9.17, 15) is 14.0 Å². The van der Waals surface area contributed by atoms with Crippen molar-refractivity contribution >= 4 is 18.0 Å². The van der Waals surface area contributed by atoms with E-state index in [1.807, 2.05) is 24.3 Å². The highest BCUT2D eigenvalue weighted by atomic mass is 19.1. The molecule has 0 radical (unpaired) electrons. The standard InChI is InChI=1S/C23H26FNO3/c1-17(2)20-9-4-18(5-10-20)8-13-22(26)25(15-14-23(27)28-3)16-19-6-11-21(24)12-7-19/h4-13,17H,14-16H2,1-3H3/b13-8+. The number of hydrogen-bond donors (Lipinski definition) is 0. The zero-order chi connectivity index (χ0) is 20.5. The molecule has 0 aliphatic rings. The summed E-state index contributed by atoms with van der Waals surface area (Å²) in [5, 5.41) is 0. The smallest absolute Gasteiger partial charge is 0.307 e. The molecule has 1 amide bonds. The third-order valence-corrected chi connectivity index (χ3v) is 4.43. The van der Waals surface area contributed by atoms with Crippen molar-refractivity contribution in [3.63, 3.8) is 0 Å². The topological polar surface area (TPSA) is 46.6 Å². The molecule has 0 N–H and O–H groups in total. The van der Waals surface area contributed by atoms with Gasteiger partial charge in [0.1, 0.15) is 5.82 Å². The predicted octanol–water partition coefficient (Wildman–Crippen LogP) is 4.55. The summed E-state index contributed by atoms with van der Waals surface area (Å²) in [6.07, 6.45) is 3.34. The lowest BCUT2D eigenvalue weighted by Crippen LogP contribution is -2.31. The minimum atomic E-state index is -0.384. The molecular weight excluding hydrogens is 357 g/mol. The van der Waals surface area contributed by atoms with Gasteiger partial charge in [-0.05, 0) is 40.8 Å². The molecule has 0 atom stereocenters. The second-order valence-corrected chi connectivity index (χ2v) is 6.87. The van der Waals surface area contributed by atoms with Crippen molar-refractivity contribution in [1.82, 2.24) is 4.90 Å². The van der Waals surface area contributed by atoms with Gasteiger partial charge >= 0.3 is 5.97 Å². The van der Waals surface area contributed by atoms with Crippen LogP contribution in [0.3, 0.4) is 0 Å². The van der Waals surface area contributed by atoms with Crippen molar-refractivity contribution in [3.05, 3.63) is 77.1 Å². The maximum absolute atomic E-state index is 13.1. The Bertz CT molecular complexity index is 811. The normalized spacial score (nSPS) is 11.0. The van der Waals surface area contributed by atoms with Gasteiger partial charge in [-0.1, -0.05) is 50.2 Å². The fourth-order valence-electron chi connectivity index (χ4n) is 2.67. The van der Waals surface area contributed by atoms with Crippen LogP contribution in [-0.4, -0.2) is 30.4 Å². The van der Waals surface area contributed by atoms with Gasteiger partial charge in [0.25, 0.3) is 0 Å². The molecule has 28 heavy (non-hydrogen) atoms. The minimum absolute atomic E-state index is 0.0976. The third kappa shape index (κ3) is 6.65. The number of ether oxygens (including phenoxy) is 1. The lowest BCUT2D eigenvalue weighted by atomic mass is 10.0. The summed E-state index contributed by atoms with van der Waals surface area (Å²) in [7, 11) is 1.31. The van der Waals surface area contributed by atoms with Crippen LogP contribution in [0.4, 0.5) is 4.39 Å². The molecule has 0 aromatic heterocycles. The van der Waals surface area contributed by atoms with Crippen molar-refractivity contribution in [2.45, 2.75) is 32.7 Å². The molecule has 0 fully saturated rings. The highest BCUT2D eigenvalue weighted by Gasteiger charge is 2.14. The monoisotopic (exact) mass is 383 g/mol. The fourth-order valence-corrected chi connectivity index (χ4v) is 2.67. The zero-order valence-corrected chi connectivity index (χ0v) is 16.5. The Hall–Kier alpha value is -2.95. The molecule has 4 nitrogen and oxygen atoms in total. The summed E-state index contributed by atoms with van der Waals surface area (Å²) >= 11 is 0. The molecule has 148 valence electrons. The van der Waals surface area contributed by atoms with E-state index >= 15 is 0 Å². The maximum atomic E-state index is 13.1. The largest absolute Gasteiger partial charge is 0.469 e. The van der Waals surface area contributed by atoms with Gasteiger partial charge in [0.15, 0.2) is 0 Å². The van der Waals surface area contributed by atoms with Gasteiger partial charge in [-0.3, -0.25) is 9.59 Å². The number of benzene rings is 2. The van der Waals surface area contributed by atoms with Gasteiger partial charge in [0.05, 0.1) is 13.5 Å². The van der Waals surface area contributed by atoms with Crippen LogP contribution in [0.5, 0.6) is 0 Å². The maximum Gasteiger partial charge on any atom is 0.307 e. The van der Waals surface area contributed by atoms with E-state index in [0.29, 0.717) is 5.92 Å². The van der Waals surface area contributed by atoms with E-state index in [1.165, 1.54) is 30.9 Å². The fraction of sp³-hybridized carbons (Fsp3) is 0.304. The Labute approximate surface area is 165 Å². The number of carbonyl (C=O) groups is 2. The average molecular weight is 383 g/mol.